The quantitative estimate of drug-likeness (QED) is 0.681. The molecule has 0 aliphatic carbocycles. The monoisotopic (exact) mass is 258 g/mol. The first-order valence-electron chi connectivity index (χ1n) is 6.30. The lowest BCUT2D eigenvalue weighted by atomic mass is 9.96. The molecule has 3 unspecified atom stereocenters. The van der Waals surface area contributed by atoms with Gasteiger partial charge in [-0.05, 0) is 19.3 Å². The molecular formula is C12H22N2O4. The number of hydrogen-bond donors (Lipinski definition) is 3. The van der Waals surface area contributed by atoms with Gasteiger partial charge in [-0.1, -0.05) is 13.8 Å². The third kappa shape index (κ3) is 4.18. The molecule has 3 atom stereocenters. The normalized spacial score (nSPS) is 24.9. The molecule has 6 nitrogen and oxygen atoms in total. The molecule has 2 amide bonds. The number of carbonyl (C=O) groups is 2. The van der Waals surface area contributed by atoms with Gasteiger partial charge in [-0.25, -0.2) is 4.79 Å². The van der Waals surface area contributed by atoms with E-state index in [1.54, 1.807) is 0 Å². The summed E-state index contributed by atoms with van der Waals surface area (Å²) in [4.78, 5) is 22.6. The second-order valence-electron chi connectivity index (χ2n) is 5.01. The SMILES string of the molecule is CC(C)C(CNC(=O)NC1CCOC1C)C(=O)O. The summed E-state index contributed by atoms with van der Waals surface area (Å²) in [6.07, 6.45) is 0.803. The van der Waals surface area contributed by atoms with Crippen molar-refractivity contribution in [3.8, 4) is 0 Å². The molecule has 0 aromatic heterocycles. The number of urea groups is 1. The molecule has 6 heteroatoms. The summed E-state index contributed by atoms with van der Waals surface area (Å²) in [5, 5.41) is 14.4. The zero-order valence-electron chi connectivity index (χ0n) is 11.1. The summed E-state index contributed by atoms with van der Waals surface area (Å²) in [6.45, 7) is 6.35. The highest BCUT2D eigenvalue weighted by Gasteiger charge is 2.26. The molecular weight excluding hydrogens is 236 g/mol. The van der Waals surface area contributed by atoms with Crippen LogP contribution in [0.15, 0.2) is 0 Å². The molecule has 18 heavy (non-hydrogen) atoms. The summed E-state index contributed by atoms with van der Waals surface area (Å²) in [6, 6.07) is -0.323. The second-order valence-corrected chi connectivity index (χ2v) is 5.01. The maximum Gasteiger partial charge on any atom is 0.315 e. The molecule has 104 valence electrons. The van der Waals surface area contributed by atoms with Crippen LogP contribution in [0.1, 0.15) is 27.2 Å². The number of hydrogen-bond acceptors (Lipinski definition) is 3. The van der Waals surface area contributed by atoms with Crippen LogP contribution in [0.2, 0.25) is 0 Å². The van der Waals surface area contributed by atoms with E-state index in [9.17, 15) is 9.59 Å². The third-order valence-electron chi connectivity index (χ3n) is 3.30. The fourth-order valence-electron chi connectivity index (χ4n) is 1.95. The van der Waals surface area contributed by atoms with E-state index in [1.165, 1.54) is 0 Å². The molecule has 0 spiro atoms. The van der Waals surface area contributed by atoms with E-state index in [2.05, 4.69) is 10.6 Å². The van der Waals surface area contributed by atoms with Crippen LogP contribution >= 0.6 is 0 Å². The molecule has 0 bridgehead atoms. The molecule has 1 rings (SSSR count). The van der Waals surface area contributed by atoms with Crippen molar-refractivity contribution < 1.29 is 19.4 Å². The Morgan fingerprint density at radius 3 is 2.56 bits per heavy atom. The first-order chi connectivity index (χ1) is 8.41. The highest BCUT2D eigenvalue weighted by Crippen LogP contribution is 2.12. The summed E-state index contributed by atoms with van der Waals surface area (Å²) in [5.74, 6) is -1.47. The van der Waals surface area contributed by atoms with Crippen molar-refractivity contribution in [1.29, 1.82) is 0 Å². The van der Waals surface area contributed by atoms with E-state index in [0.717, 1.165) is 6.42 Å². The number of carboxylic acid groups (broad SMARTS) is 1. The minimum atomic E-state index is -0.886. The van der Waals surface area contributed by atoms with E-state index in [0.29, 0.717) is 6.61 Å². The Labute approximate surface area is 107 Å². The molecule has 3 N–H and O–H groups in total. The van der Waals surface area contributed by atoms with Gasteiger partial charge < -0.3 is 20.5 Å². The van der Waals surface area contributed by atoms with Crippen LogP contribution in [-0.2, 0) is 9.53 Å². The number of carboxylic acids is 1. The van der Waals surface area contributed by atoms with Crippen molar-refractivity contribution in [2.45, 2.75) is 39.3 Å². The fourth-order valence-corrected chi connectivity index (χ4v) is 1.95. The molecule has 1 aliphatic heterocycles. The molecule has 1 aliphatic rings. The molecule has 0 saturated carbocycles. The lowest BCUT2D eigenvalue weighted by molar-refractivity contribution is -0.142. The van der Waals surface area contributed by atoms with E-state index < -0.39 is 11.9 Å². The Bertz CT molecular complexity index is 306. The summed E-state index contributed by atoms with van der Waals surface area (Å²) < 4.78 is 5.33. The predicted octanol–water partition coefficient (Wildman–Crippen LogP) is 0.820. The van der Waals surface area contributed by atoms with Crippen molar-refractivity contribution in [2.24, 2.45) is 11.8 Å². The van der Waals surface area contributed by atoms with Crippen molar-refractivity contribution in [1.82, 2.24) is 10.6 Å². The van der Waals surface area contributed by atoms with Gasteiger partial charge in [-0.15, -0.1) is 0 Å². The van der Waals surface area contributed by atoms with Crippen LogP contribution in [0, 0.1) is 11.8 Å². The van der Waals surface area contributed by atoms with E-state index in [-0.39, 0.29) is 30.6 Å². The molecule has 1 heterocycles. The maximum absolute atomic E-state index is 11.6. The largest absolute Gasteiger partial charge is 0.481 e. The van der Waals surface area contributed by atoms with Crippen molar-refractivity contribution in [2.75, 3.05) is 13.2 Å². The van der Waals surface area contributed by atoms with E-state index in [1.807, 2.05) is 20.8 Å². The lowest BCUT2D eigenvalue weighted by Gasteiger charge is -2.19. The Kier molecular flexibility index (Phi) is 5.40. The molecule has 0 aromatic carbocycles. The third-order valence-corrected chi connectivity index (χ3v) is 3.30. The summed E-state index contributed by atoms with van der Waals surface area (Å²) in [7, 11) is 0. The molecule has 0 aromatic rings. The highest BCUT2D eigenvalue weighted by atomic mass is 16.5. The minimum Gasteiger partial charge on any atom is -0.481 e. The van der Waals surface area contributed by atoms with Crippen molar-refractivity contribution >= 4 is 12.0 Å². The van der Waals surface area contributed by atoms with Crippen LogP contribution in [0.4, 0.5) is 4.79 Å². The topological polar surface area (TPSA) is 87.7 Å². The smallest absolute Gasteiger partial charge is 0.315 e. The van der Waals surface area contributed by atoms with Gasteiger partial charge >= 0.3 is 12.0 Å². The van der Waals surface area contributed by atoms with Gasteiger partial charge in [0.25, 0.3) is 0 Å². The van der Waals surface area contributed by atoms with E-state index >= 15 is 0 Å². The van der Waals surface area contributed by atoms with Gasteiger partial charge in [-0.2, -0.15) is 0 Å². The van der Waals surface area contributed by atoms with Crippen molar-refractivity contribution in [3.05, 3.63) is 0 Å². The zero-order valence-corrected chi connectivity index (χ0v) is 11.1. The minimum absolute atomic E-state index is 0.00679. The fraction of sp³-hybridized carbons (Fsp3) is 0.833. The average Bonchev–Trinajstić information content (AvgIpc) is 2.63. The number of amides is 2. The number of aliphatic carboxylic acids is 1. The van der Waals surface area contributed by atoms with Crippen LogP contribution in [0.3, 0.4) is 0 Å². The number of nitrogens with one attached hydrogen (secondary N) is 2. The number of carbonyl (C=O) groups excluding carboxylic acids is 1. The van der Waals surface area contributed by atoms with Crippen LogP contribution in [-0.4, -0.2) is 42.4 Å². The highest BCUT2D eigenvalue weighted by molar-refractivity contribution is 5.76. The average molecular weight is 258 g/mol. The summed E-state index contributed by atoms with van der Waals surface area (Å²) in [5.41, 5.74) is 0. The van der Waals surface area contributed by atoms with Gasteiger partial charge in [0.05, 0.1) is 18.1 Å². The Hall–Kier alpha value is -1.30. The molecule has 0 radical (unpaired) electrons. The number of rotatable bonds is 5. The molecule has 1 fully saturated rings. The standard InChI is InChI=1S/C12H22N2O4/c1-7(2)9(11(15)16)6-13-12(17)14-10-4-5-18-8(10)3/h7-10H,4-6H2,1-3H3,(H,15,16)(H2,13,14,17). The van der Waals surface area contributed by atoms with Crippen LogP contribution in [0.25, 0.3) is 0 Å². The van der Waals surface area contributed by atoms with Gasteiger partial charge in [0.2, 0.25) is 0 Å². The van der Waals surface area contributed by atoms with Gasteiger partial charge in [0.15, 0.2) is 0 Å². The first kappa shape index (κ1) is 14.8. The Balaban J connectivity index is 2.33. The Morgan fingerprint density at radius 1 is 1.44 bits per heavy atom. The maximum atomic E-state index is 11.6. The number of ether oxygens (including phenoxy) is 1. The van der Waals surface area contributed by atoms with Gasteiger partial charge in [0.1, 0.15) is 0 Å². The van der Waals surface area contributed by atoms with Crippen molar-refractivity contribution in [3.63, 3.8) is 0 Å². The van der Waals surface area contributed by atoms with Crippen LogP contribution < -0.4 is 10.6 Å². The van der Waals surface area contributed by atoms with Gasteiger partial charge in [0, 0.05) is 13.2 Å². The van der Waals surface area contributed by atoms with Crippen LogP contribution in [0.5, 0.6) is 0 Å². The predicted molar refractivity (Wildman–Crippen MR) is 66.3 cm³/mol. The Morgan fingerprint density at radius 2 is 2.11 bits per heavy atom. The van der Waals surface area contributed by atoms with E-state index in [4.69, 9.17) is 9.84 Å². The second kappa shape index (κ2) is 6.58. The lowest BCUT2D eigenvalue weighted by Crippen LogP contribution is -2.47. The zero-order chi connectivity index (χ0) is 13.7. The van der Waals surface area contributed by atoms with Gasteiger partial charge in [-0.3, -0.25) is 4.79 Å². The first-order valence-corrected chi connectivity index (χ1v) is 6.30. The summed E-state index contributed by atoms with van der Waals surface area (Å²) >= 11 is 0. The molecule has 1 saturated heterocycles.